The third kappa shape index (κ3) is 1.90. The molecular formula is C10H14O3S. The van der Waals surface area contributed by atoms with Crippen LogP contribution in [-0.4, -0.2) is 25.8 Å². The normalized spacial score (nSPS) is 36.6. The zero-order valence-electron chi connectivity index (χ0n) is 7.94. The zero-order chi connectivity index (χ0) is 10.1. The summed E-state index contributed by atoms with van der Waals surface area (Å²) in [5.41, 5.74) is 0.979. The molecule has 0 aromatic carbocycles. The summed E-state index contributed by atoms with van der Waals surface area (Å²) < 4.78 is 11.8. The van der Waals surface area contributed by atoms with E-state index >= 15 is 0 Å². The van der Waals surface area contributed by atoms with Crippen LogP contribution >= 0.6 is 0 Å². The van der Waals surface area contributed by atoms with Gasteiger partial charge in [-0.05, 0) is 25.7 Å². The highest BCUT2D eigenvalue weighted by Gasteiger charge is 2.35. The summed E-state index contributed by atoms with van der Waals surface area (Å²) >= 11 is 0. The molecular weight excluding hydrogens is 200 g/mol. The summed E-state index contributed by atoms with van der Waals surface area (Å²) in [5.74, 6) is -0.870. The van der Waals surface area contributed by atoms with Gasteiger partial charge in [0.2, 0.25) is 0 Å². The van der Waals surface area contributed by atoms with E-state index in [1.807, 2.05) is 0 Å². The number of rotatable bonds is 1. The zero-order valence-corrected chi connectivity index (χ0v) is 8.76. The van der Waals surface area contributed by atoms with E-state index in [9.17, 15) is 9.00 Å². The molecule has 2 atom stereocenters. The van der Waals surface area contributed by atoms with Crippen LogP contribution in [0.2, 0.25) is 0 Å². The second kappa shape index (κ2) is 3.85. The molecule has 0 spiro atoms. The van der Waals surface area contributed by atoms with Crippen LogP contribution in [0.1, 0.15) is 32.1 Å². The first-order valence-corrected chi connectivity index (χ1v) is 6.26. The van der Waals surface area contributed by atoms with Crippen molar-refractivity contribution in [1.82, 2.24) is 0 Å². The molecule has 1 N–H and O–H groups in total. The average Bonchev–Trinajstić information content (AvgIpc) is 2.05. The molecule has 78 valence electrons. The molecule has 14 heavy (non-hydrogen) atoms. The van der Waals surface area contributed by atoms with Gasteiger partial charge in [-0.2, -0.15) is 0 Å². The molecule has 0 aliphatic carbocycles. The molecule has 2 unspecified atom stereocenters. The molecule has 2 rings (SSSR count). The number of fused-ring (bicyclic) bond motifs is 2. The fourth-order valence-corrected chi connectivity index (χ4v) is 4.51. The first kappa shape index (κ1) is 9.90. The molecule has 0 aromatic heterocycles. The van der Waals surface area contributed by atoms with Gasteiger partial charge in [0.25, 0.3) is 0 Å². The molecule has 3 nitrogen and oxygen atoms in total. The number of hydrogen-bond acceptors (Lipinski definition) is 2. The molecule has 2 aliphatic rings. The topological polar surface area (TPSA) is 54.4 Å². The molecule has 0 radical (unpaired) electrons. The summed E-state index contributed by atoms with van der Waals surface area (Å²) in [6, 6.07) is 0. The Hall–Kier alpha value is -0.640. The lowest BCUT2D eigenvalue weighted by Crippen LogP contribution is -2.36. The van der Waals surface area contributed by atoms with Crippen molar-refractivity contribution in [3.8, 4) is 0 Å². The van der Waals surface area contributed by atoms with E-state index in [1.54, 1.807) is 0 Å². The van der Waals surface area contributed by atoms with E-state index in [0.717, 1.165) is 37.7 Å². The SMILES string of the molecule is O=C(O)C=C1CC2CCCC(C1)S2=O. The molecule has 2 saturated heterocycles. The Kier molecular flexibility index (Phi) is 2.72. The van der Waals surface area contributed by atoms with Crippen LogP contribution in [0.25, 0.3) is 0 Å². The fourth-order valence-electron chi connectivity index (χ4n) is 2.41. The fraction of sp³-hybridized carbons (Fsp3) is 0.700. The monoisotopic (exact) mass is 214 g/mol. The first-order chi connectivity index (χ1) is 6.66. The Morgan fingerprint density at radius 1 is 1.36 bits per heavy atom. The maximum Gasteiger partial charge on any atom is 0.328 e. The second-order valence-corrected chi connectivity index (χ2v) is 6.04. The molecule has 0 amide bonds. The van der Waals surface area contributed by atoms with Crippen molar-refractivity contribution < 1.29 is 14.1 Å². The van der Waals surface area contributed by atoms with E-state index < -0.39 is 16.8 Å². The lowest BCUT2D eigenvalue weighted by Gasteiger charge is -2.34. The van der Waals surface area contributed by atoms with Crippen LogP contribution in [0.4, 0.5) is 0 Å². The van der Waals surface area contributed by atoms with Crippen molar-refractivity contribution in [3.63, 3.8) is 0 Å². The van der Waals surface area contributed by atoms with Crippen LogP contribution < -0.4 is 0 Å². The van der Waals surface area contributed by atoms with Gasteiger partial charge >= 0.3 is 5.97 Å². The molecule has 2 fully saturated rings. The lowest BCUT2D eigenvalue weighted by molar-refractivity contribution is -0.131. The van der Waals surface area contributed by atoms with Gasteiger partial charge in [-0.1, -0.05) is 12.0 Å². The van der Waals surface area contributed by atoms with Gasteiger partial charge in [-0.3, -0.25) is 4.21 Å². The Labute approximate surface area is 85.7 Å². The largest absolute Gasteiger partial charge is 0.478 e. The van der Waals surface area contributed by atoms with E-state index in [1.165, 1.54) is 6.08 Å². The van der Waals surface area contributed by atoms with Gasteiger partial charge in [-0.25, -0.2) is 4.79 Å². The summed E-state index contributed by atoms with van der Waals surface area (Å²) in [7, 11) is -0.705. The highest BCUT2D eigenvalue weighted by molar-refractivity contribution is 7.86. The van der Waals surface area contributed by atoms with Crippen LogP contribution in [0.5, 0.6) is 0 Å². The average molecular weight is 214 g/mol. The maximum atomic E-state index is 11.8. The third-order valence-electron chi connectivity index (χ3n) is 3.02. The minimum Gasteiger partial charge on any atom is -0.478 e. The minimum absolute atomic E-state index is 0.230. The van der Waals surface area contributed by atoms with Gasteiger partial charge in [0.05, 0.1) is 0 Å². The summed E-state index contributed by atoms with van der Waals surface area (Å²) in [6.45, 7) is 0. The van der Waals surface area contributed by atoms with Crippen LogP contribution in [0.3, 0.4) is 0 Å². The van der Waals surface area contributed by atoms with Crippen molar-refractivity contribution in [1.29, 1.82) is 0 Å². The Morgan fingerprint density at radius 3 is 2.43 bits per heavy atom. The first-order valence-electron chi connectivity index (χ1n) is 4.98. The Morgan fingerprint density at radius 2 is 1.93 bits per heavy atom. The standard InChI is InChI=1S/C10H14O3S/c11-10(12)6-7-4-8-2-1-3-9(5-7)14(8)13/h6,8-9H,1-5H2,(H,11,12). The van der Waals surface area contributed by atoms with Gasteiger partial charge in [0.15, 0.2) is 0 Å². The third-order valence-corrected chi connectivity index (χ3v) is 5.14. The number of aliphatic carboxylic acids is 1. The maximum absolute atomic E-state index is 11.8. The predicted molar refractivity (Wildman–Crippen MR) is 54.5 cm³/mol. The number of carboxylic acids is 1. The number of hydrogen-bond donors (Lipinski definition) is 1. The van der Waals surface area contributed by atoms with Gasteiger partial charge < -0.3 is 5.11 Å². The summed E-state index contributed by atoms with van der Waals surface area (Å²) in [5, 5.41) is 9.10. The van der Waals surface area contributed by atoms with Gasteiger partial charge in [0.1, 0.15) is 0 Å². The van der Waals surface area contributed by atoms with E-state index in [0.29, 0.717) is 0 Å². The Bertz CT molecular complexity index is 290. The van der Waals surface area contributed by atoms with Crippen LogP contribution in [0.15, 0.2) is 11.6 Å². The molecule has 4 heteroatoms. The number of allylic oxidation sites excluding steroid dienone is 1. The molecule has 2 bridgehead atoms. The van der Waals surface area contributed by atoms with E-state index in [4.69, 9.17) is 5.11 Å². The summed E-state index contributed by atoms with van der Waals surface area (Å²) in [6.07, 6.45) is 5.92. The van der Waals surface area contributed by atoms with Gasteiger partial charge in [-0.15, -0.1) is 0 Å². The van der Waals surface area contributed by atoms with E-state index in [2.05, 4.69) is 0 Å². The summed E-state index contributed by atoms with van der Waals surface area (Å²) in [4.78, 5) is 10.5. The second-order valence-electron chi connectivity index (χ2n) is 4.05. The highest BCUT2D eigenvalue weighted by Crippen LogP contribution is 2.36. The molecule has 0 aromatic rings. The van der Waals surface area contributed by atoms with Crippen molar-refractivity contribution in [2.75, 3.05) is 0 Å². The molecule has 2 heterocycles. The predicted octanol–water partition coefficient (Wildman–Crippen LogP) is 1.46. The smallest absolute Gasteiger partial charge is 0.328 e. The van der Waals surface area contributed by atoms with Crippen molar-refractivity contribution >= 4 is 16.8 Å². The van der Waals surface area contributed by atoms with Crippen molar-refractivity contribution in [2.45, 2.75) is 42.6 Å². The number of carbonyl (C=O) groups is 1. The van der Waals surface area contributed by atoms with Crippen LogP contribution in [0, 0.1) is 0 Å². The Balaban J connectivity index is 2.15. The van der Waals surface area contributed by atoms with Gasteiger partial charge in [0, 0.05) is 27.4 Å². The quantitative estimate of drug-likeness (QED) is 0.672. The van der Waals surface area contributed by atoms with Crippen molar-refractivity contribution in [2.24, 2.45) is 0 Å². The van der Waals surface area contributed by atoms with E-state index in [-0.39, 0.29) is 10.5 Å². The number of carboxylic acid groups (broad SMARTS) is 1. The molecule has 2 aliphatic heterocycles. The van der Waals surface area contributed by atoms with Crippen molar-refractivity contribution in [3.05, 3.63) is 11.6 Å². The highest BCUT2D eigenvalue weighted by atomic mass is 32.2. The minimum atomic E-state index is -0.870. The van der Waals surface area contributed by atoms with Crippen LogP contribution in [-0.2, 0) is 15.6 Å². The lowest BCUT2D eigenvalue weighted by atomic mass is 9.94. The molecule has 0 saturated carbocycles.